The highest BCUT2D eigenvalue weighted by molar-refractivity contribution is 5.89. The monoisotopic (exact) mass is 270 g/mol. The molecule has 0 bridgehead atoms. The molecule has 0 aliphatic heterocycles. The van der Waals surface area contributed by atoms with Crippen LogP contribution in [0.4, 0.5) is 18.9 Å². The van der Waals surface area contributed by atoms with Crippen LogP contribution < -0.4 is 5.73 Å². The summed E-state index contributed by atoms with van der Waals surface area (Å²) < 4.78 is 38.3. The Labute approximate surface area is 105 Å². The molecule has 100 valence electrons. The molecule has 7 heteroatoms. The average molecular weight is 270 g/mol. The Morgan fingerprint density at radius 3 is 2.37 bits per heavy atom. The third kappa shape index (κ3) is 2.37. The van der Waals surface area contributed by atoms with Crippen LogP contribution in [0.2, 0.25) is 0 Å². The van der Waals surface area contributed by atoms with Crippen LogP contribution in [-0.2, 0) is 0 Å². The zero-order chi connectivity index (χ0) is 14.2. The van der Waals surface area contributed by atoms with Crippen molar-refractivity contribution in [2.75, 3.05) is 0 Å². The van der Waals surface area contributed by atoms with E-state index in [1.807, 2.05) is 0 Å². The molecule has 0 aliphatic rings. The summed E-state index contributed by atoms with van der Waals surface area (Å²) in [5.74, 6) is 0. The Morgan fingerprint density at radius 2 is 1.79 bits per heavy atom. The van der Waals surface area contributed by atoms with Gasteiger partial charge in [0.05, 0.1) is 10.5 Å². The second kappa shape index (κ2) is 4.51. The number of rotatable bonds is 2. The summed E-state index contributed by atoms with van der Waals surface area (Å²) in [7, 11) is 0. The maximum atomic E-state index is 12.8. The van der Waals surface area contributed by atoms with Gasteiger partial charge in [-0.1, -0.05) is 24.3 Å². The molecular formula is C12H9F3N2O2. The molecule has 0 heterocycles. The molecule has 4 nitrogen and oxygen atoms in total. The molecule has 0 fully saturated rings. The van der Waals surface area contributed by atoms with E-state index < -0.39 is 28.4 Å². The maximum absolute atomic E-state index is 12.8. The van der Waals surface area contributed by atoms with Crippen molar-refractivity contribution in [3.63, 3.8) is 0 Å². The van der Waals surface area contributed by atoms with E-state index in [1.54, 1.807) is 12.1 Å². The Kier molecular flexibility index (Phi) is 3.15. The van der Waals surface area contributed by atoms with Crippen molar-refractivity contribution in [3.05, 3.63) is 52.1 Å². The quantitative estimate of drug-likeness (QED) is 0.672. The summed E-state index contributed by atoms with van der Waals surface area (Å²) >= 11 is 0. The van der Waals surface area contributed by atoms with Crippen LogP contribution in [0.3, 0.4) is 0 Å². The number of alkyl halides is 3. The van der Waals surface area contributed by atoms with Gasteiger partial charge >= 0.3 is 6.18 Å². The summed E-state index contributed by atoms with van der Waals surface area (Å²) in [4.78, 5) is 10.0. The average Bonchev–Trinajstić information content (AvgIpc) is 2.35. The highest BCUT2D eigenvalue weighted by Gasteiger charge is 2.42. The first kappa shape index (κ1) is 13.3. The molecule has 0 aromatic heterocycles. The molecule has 2 N–H and O–H groups in total. The van der Waals surface area contributed by atoms with Crippen LogP contribution >= 0.6 is 0 Å². The number of benzene rings is 2. The number of fused-ring (bicyclic) bond motifs is 1. The van der Waals surface area contributed by atoms with Crippen molar-refractivity contribution in [2.24, 2.45) is 5.73 Å². The smallest absolute Gasteiger partial charge is 0.316 e. The maximum Gasteiger partial charge on any atom is 0.407 e. The normalized spacial score (nSPS) is 13.5. The lowest BCUT2D eigenvalue weighted by Crippen LogP contribution is -2.29. The Balaban J connectivity index is 2.80. The molecule has 2 aromatic carbocycles. The summed E-state index contributed by atoms with van der Waals surface area (Å²) in [6.07, 6.45) is -4.74. The second-order valence-electron chi connectivity index (χ2n) is 4.00. The van der Waals surface area contributed by atoms with Gasteiger partial charge in [0.1, 0.15) is 6.04 Å². The van der Waals surface area contributed by atoms with Gasteiger partial charge in [-0.2, -0.15) is 13.2 Å². The van der Waals surface area contributed by atoms with Crippen LogP contribution in [0.15, 0.2) is 36.4 Å². The molecule has 0 amide bonds. The number of nitrogens with two attached hydrogens (primary N) is 1. The van der Waals surface area contributed by atoms with Gasteiger partial charge in [0.2, 0.25) is 0 Å². The standard InChI is InChI=1S/C12H9F3N2O2/c13-12(14,15)11(16)10-8-4-2-1-3-7(8)5-6-9(10)17(18)19/h1-6,11H,16H2/t11-/m0/s1. The molecule has 2 aromatic rings. The summed E-state index contributed by atoms with van der Waals surface area (Å²) in [6.45, 7) is 0. The van der Waals surface area contributed by atoms with Gasteiger partial charge < -0.3 is 5.73 Å². The van der Waals surface area contributed by atoms with Gasteiger partial charge in [0.25, 0.3) is 5.69 Å². The fourth-order valence-corrected chi connectivity index (χ4v) is 1.93. The zero-order valence-electron chi connectivity index (χ0n) is 9.52. The van der Waals surface area contributed by atoms with Crippen molar-refractivity contribution < 1.29 is 18.1 Å². The molecule has 0 aliphatic carbocycles. The fraction of sp³-hybridized carbons (Fsp3) is 0.167. The van der Waals surface area contributed by atoms with Gasteiger partial charge in [-0.3, -0.25) is 10.1 Å². The first-order valence-corrected chi connectivity index (χ1v) is 5.30. The van der Waals surface area contributed by atoms with E-state index in [9.17, 15) is 23.3 Å². The van der Waals surface area contributed by atoms with Crippen molar-refractivity contribution in [2.45, 2.75) is 12.2 Å². The number of halogens is 3. The molecule has 19 heavy (non-hydrogen) atoms. The second-order valence-corrected chi connectivity index (χ2v) is 4.00. The van der Waals surface area contributed by atoms with E-state index in [1.165, 1.54) is 18.2 Å². The fourth-order valence-electron chi connectivity index (χ4n) is 1.93. The predicted octanol–water partition coefficient (Wildman–Crippen LogP) is 3.31. The van der Waals surface area contributed by atoms with E-state index >= 15 is 0 Å². The highest BCUT2D eigenvalue weighted by atomic mass is 19.4. The van der Waals surface area contributed by atoms with Gasteiger partial charge in [-0.05, 0) is 16.8 Å². The summed E-state index contributed by atoms with van der Waals surface area (Å²) in [5, 5.41) is 11.5. The lowest BCUT2D eigenvalue weighted by atomic mass is 9.97. The minimum Gasteiger partial charge on any atom is -0.316 e. The van der Waals surface area contributed by atoms with Crippen LogP contribution in [0, 0.1) is 10.1 Å². The van der Waals surface area contributed by atoms with Crippen LogP contribution in [0.1, 0.15) is 11.6 Å². The predicted molar refractivity (Wildman–Crippen MR) is 63.6 cm³/mol. The summed E-state index contributed by atoms with van der Waals surface area (Å²) in [5.41, 5.74) is 4.02. The molecule has 1 atom stereocenters. The molecule has 0 unspecified atom stereocenters. The van der Waals surface area contributed by atoms with E-state index in [-0.39, 0.29) is 5.39 Å². The molecule has 2 rings (SSSR count). The van der Waals surface area contributed by atoms with Crippen molar-refractivity contribution in [1.29, 1.82) is 0 Å². The molecule has 0 spiro atoms. The van der Waals surface area contributed by atoms with Crippen LogP contribution in [0.5, 0.6) is 0 Å². The third-order valence-electron chi connectivity index (χ3n) is 2.81. The van der Waals surface area contributed by atoms with E-state index in [4.69, 9.17) is 5.73 Å². The molecule has 0 radical (unpaired) electrons. The Bertz CT molecular complexity index is 640. The topological polar surface area (TPSA) is 69.2 Å². The minimum atomic E-state index is -4.74. The first-order valence-electron chi connectivity index (χ1n) is 5.30. The molecule has 0 saturated heterocycles. The van der Waals surface area contributed by atoms with Crippen LogP contribution in [0.25, 0.3) is 10.8 Å². The third-order valence-corrected chi connectivity index (χ3v) is 2.81. The first-order chi connectivity index (χ1) is 8.82. The van der Waals surface area contributed by atoms with Gasteiger partial charge in [-0.15, -0.1) is 0 Å². The van der Waals surface area contributed by atoms with Gasteiger partial charge in [0, 0.05) is 6.07 Å². The van der Waals surface area contributed by atoms with Crippen molar-refractivity contribution >= 4 is 16.5 Å². The van der Waals surface area contributed by atoms with Crippen molar-refractivity contribution in [1.82, 2.24) is 0 Å². The molecule has 0 saturated carbocycles. The van der Waals surface area contributed by atoms with E-state index in [0.29, 0.717) is 5.39 Å². The number of nitro groups is 1. The van der Waals surface area contributed by atoms with E-state index in [0.717, 1.165) is 6.07 Å². The SMILES string of the molecule is N[C@@H](c1c([N+](=O)[O-])ccc2ccccc12)C(F)(F)F. The number of nitrogens with zero attached hydrogens (tertiary/aromatic N) is 1. The van der Waals surface area contributed by atoms with Crippen molar-refractivity contribution in [3.8, 4) is 0 Å². The number of hydrogen-bond acceptors (Lipinski definition) is 3. The van der Waals surface area contributed by atoms with E-state index in [2.05, 4.69) is 0 Å². The largest absolute Gasteiger partial charge is 0.407 e. The Morgan fingerprint density at radius 1 is 1.16 bits per heavy atom. The van der Waals surface area contributed by atoms with Gasteiger partial charge in [-0.25, -0.2) is 0 Å². The lowest BCUT2D eigenvalue weighted by molar-refractivity contribution is -0.386. The molecular weight excluding hydrogens is 261 g/mol. The summed E-state index contributed by atoms with van der Waals surface area (Å²) in [6, 6.07) is 6.17. The van der Waals surface area contributed by atoms with Gasteiger partial charge in [0.15, 0.2) is 0 Å². The minimum absolute atomic E-state index is 0.140. The lowest BCUT2D eigenvalue weighted by Gasteiger charge is -2.17. The highest BCUT2D eigenvalue weighted by Crippen LogP contribution is 2.39. The number of hydrogen-bond donors (Lipinski definition) is 1. The zero-order valence-corrected chi connectivity index (χ0v) is 9.52. The number of nitro benzene ring substituents is 1. The van der Waals surface area contributed by atoms with Crippen LogP contribution in [-0.4, -0.2) is 11.1 Å². The Hall–Kier alpha value is -2.15.